The van der Waals surface area contributed by atoms with E-state index in [2.05, 4.69) is 20.8 Å². The van der Waals surface area contributed by atoms with E-state index in [1.54, 1.807) is 12.1 Å². The van der Waals surface area contributed by atoms with E-state index in [0.717, 1.165) is 0 Å². The Morgan fingerprint density at radius 2 is 2.12 bits per heavy atom. The molecule has 2 aromatic rings. The molecule has 1 saturated heterocycles. The summed E-state index contributed by atoms with van der Waals surface area (Å²) in [5.41, 5.74) is 0.603. The molecule has 1 fully saturated rings. The van der Waals surface area contributed by atoms with Gasteiger partial charge in [0.15, 0.2) is 5.82 Å². The summed E-state index contributed by atoms with van der Waals surface area (Å²) in [4.78, 5) is 24.1. The zero-order valence-corrected chi connectivity index (χ0v) is 13.5. The third-order valence-corrected chi connectivity index (χ3v) is 3.75. The largest absolute Gasteiger partial charge is 0.495 e. The first kappa shape index (κ1) is 16.3. The molecule has 2 heterocycles. The van der Waals surface area contributed by atoms with Gasteiger partial charge < -0.3 is 20.1 Å². The number of methoxy groups -OCH3 is 1. The first-order chi connectivity index (χ1) is 11.6. The number of nitrogens with one attached hydrogen (secondary N) is 3. The number of aromatic nitrogens is 2. The molecule has 1 aliphatic heterocycles. The van der Waals surface area contributed by atoms with Crippen molar-refractivity contribution in [3.05, 3.63) is 40.5 Å². The molecule has 0 spiro atoms. The van der Waals surface area contributed by atoms with Crippen LogP contribution in [0.4, 0.5) is 5.82 Å². The molecule has 2 amide bonds. The fourth-order valence-electron chi connectivity index (χ4n) is 2.08. The van der Waals surface area contributed by atoms with Crippen LogP contribution in [0.3, 0.4) is 0 Å². The lowest BCUT2D eigenvalue weighted by molar-refractivity contribution is -0.00355. The Kier molecular flexibility index (Phi) is 4.68. The van der Waals surface area contributed by atoms with Gasteiger partial charge in [0.1, 0.15) is 11.4 Å². The molecule has 1 aromatic heterocycles. The standard InChI is InChI=1S/C15H15ClN4O4/c1-23-12-3-2-8(4-10(12)16)14(21)18-13-5-11(19-20-13)15(22)17-9-6-24-7-9/h2-5,9H,6-7H2,1H3,(H,17,22)(H2,18,19,20,21). The van der Waals surface area contributed by atoms with E-state index in [1.165, 1.54) is 19.2 Å². The third kappa shape index (κ3) is 3.50. The topological polar surface area (TPSA) is 105 Å². The van der Waals surface area contributed by atoms with Gasteiger partial charge in [-0.05, 0) is 18.2 Å². The summed E-state index contributed by atoms with van der Waals surface area (Å²) in [5.74, 6) is 0.0167. The Bertz CT molecular complexity index is 773. The highest BCUT2D eigenvalue weighted by atomic mass is 35.5. The highest BCUT2D eigenvalue weighted by Gasteiger charge is 2.22. The van der Waals surface area contributed by atoms with Gasteiger partial charge in [0, 0.05) is 11.6 Å². The second-order valence-corrected chi connectivity index (χ2v) is 5.59. The molecule has 1 aliphatic rings. The molecule has 1 aromatic carbocycles. The van der Waals surface area contributed by atoms with Gasteiger partial charge in [-0.1, -0.05) is 11.6 Å². The van der Waals surface area contributed by atoms with Crippen LogP contribution in [0, 0.1) is 0 Å². The smallest absolute Gasteiger partial charge is 0.269 e. The molecule has 0 atom stereocenters. The summed E-state index contributed by atoms with van der Waals surface area (Å²) in [6.45, 7) is 1.00. The molecule has 3 N–H and O–H groups in total. The van der Waals surface area contributed by atoms with Crippen LogP contribution in [-0.2, 0) is 4.74 Å². The van der Waals surface area contributed by atoms with Crippen molar-refractivity contribution in [3.63, 3.8) is 0 Å². The van der Waals surface area contributed by atoms with E-state index in [1.807, 2.05) is 0 Å². The Morgan fingerprint density at radius 3 is 2.75 bits per heavy atom. The Hall–Kier alpha value is -2.58. The zero-order valence-electron chi connectivity index (χ0n) is 12.8. The van der Waals surface area contributed by atoms with Gasteiger partial charge in [0.05, 0.1) is 31.4 Å². The number of hydrogen-bond acceptors (Lipinski definition) is 5. The van der Waals surface area contributed by atoms with Crippen molar-refractivity contribution >= 4 is 29.2 Å². The second-order valence-electron chi connectivity index (χ2n) is 5.18. The average Bonchev–Trinajstić information content (AvgIpc) is 2.99. The number of aromatic amines is 1. The second kappa shape index (κ2) is 6.90. The highest BCUT2D eigenvalue weighted by molar-refractivity contribution is 6.32. The van der Waals surface area contributed by atoms with Crippen LogP contribution in [-0.4, -0.2) is 48.4 Å². The van der Waals surface area contributed by atoms with Crippen molar-refractivity contribution in [1.29, 1.82) is 0 Å². The zero-order chi connectivity index (χ0) is 17.1. The minimum atomic E-state index is -0.398. The number of carbonyl (C=O) groups excluding carboxylic acids is 2. The van der Waals surface area contributed by atoms with Crippen molar-refractivity contribution in [2.24, 2.45) is 0 Å². The molecule has 9 heteroatoms. The van der Waals surface area contributed by atoms with Crippen LogP contribution in [0.25, 0.3) is 0 Å². The molecule has 126 valence electrons. The summed E-state index contributed by atoms with van der Waals surface area (Å²) < 4.78 is 10.0. The molecule has 0 aliphatic carbocycles. The number of anilines is 1. The minimum absolute atomic E-state index is 0.0142. The lowest BCUT2D eigenvalue weighted by Gasteiger charge is -2.26. The SMILES string of the molecule is COc1ccc(C(=O)Nc2cc(C(=O)NC3COC3)[nH]n2)cc1Cl. The van der Waals surface area contributed by atoms with E-state index in [0.29, 0.717) is 29.5 Å². The number of amides is 2. The van der Waals surface area contributed by atoms with Gasteiger partial charge in [0.25, 0.3) is 11.8 Å². The van der Waals surface area contributed by atoms with Crippen LogP contribution < -0.4 is 15.4 Å². The van der Waals surface area contributed by atoms with Crippen LogP contribution >= 0.6 is 11.6 Å². The monoisotopic (exact) mass is 350 g/mol. The number of ether oxygens (including phenoxy) is 2. The molecule has 0 bridgehead atoms. The minimum Gasteiger partial charge on any atom is -0.495 e. The van der Waals surface area contributed by atoms with E-state index >= 15 is 0 Å². The van der Waals surface area contributed by atoms with Gasteiger partial charge >= 0.3 is 0 Å². The number of H-pyrrole nitrogens is 1. The van der Waals surface area contributed by atoms with Crippen molar-refractivity contribution < 1.29 is 19.1 Å². The summed E-state index contributed by atoms with van der Waals surface area (Å²) in [5, 5.41) is 12.2. The molecular weight excluding hydrogens is 336 g/mol. The van der Waals surface area contributed by atoms with Crippen LogP contribution in [0.5, 0.6) is 5.75 Å². The predicted octanol–water partition coefficient (Wildman–Crippen LogP) is 1.45. The number of carbonyl (C=O) groups is 2. The fourth-order valence-corrected chi connectivity index (χ4v) is 2.34. The normalized spacial score (nSPS) is 13.9. The quantitative estimate of drug-likeness (QED) is 0.757. The third-order valence-electron chi connectivity index (χ3n) is 3.45. The van der Waals surface area contributed by atoms with Crippen LogP contribution in [0.15, 0.2) is 24.3 Å². The van der Waals surface area contributed by atoms with Crippen molar-refractivity contribution in [1.82, 2.24) is 15.5 Å². The summed E-state index contributed by atoms with van der Waals surface area (Å²) in [7, 11) is 1.49. The molecule has 0 unspecified atom stereocenters. The Labute approximate surface area is 142 Å². The lowest BCUT2D eigenvalue weighted by atomic mass is 10.2. The molecular formula is C15H15ClN4O4. The summed E-state index contributed by atoms with van der Waals surface area (Å²) in [6.07, 6.45) is 0. The van der Waals surface area contributed by atoms with E-state index in [9.17, 15) is 9.59 Å². The highest BCUT2D eigenvalue weighted by Crippen LogP contribution is 2.25. The van der Waals surface area contributed by atoms with E-state index < -0.39 is 5.91 Å². The molecule has 3 rings (SSSR count). The van der Waals surface area contributed by atoms with E-state index in [-0.39, 0.29) is 23.5 Å². The first-order valence-corrected chi connectivity index (χ1v) is 7.53. The van der Waals surface area contributed by atoms with Crippen molar-refractivity contribution in [2.75, 3.05) is 25.6 Å². The predicted molar refractivity (Wildman–Crippen MR) is 86.6 cm³/mol. The van der Waals surface area contributed by atoms with Gasteiger partial charge in [-0.15, -0.1) is 0 Å². The first-order valence-electron chi connectivity index (χ1n) is 7.15. The molecule has 24 heavy (non-hydrogen) atoms. The Balaban J connectivity index is 1.64. The average molecular weight is 351 g/mol. The van der Waals surface area contributed by atoms with Crippen LogP contribution in [0.2, 0.25) is 5.02 Å². The maximum atomic E-state index is 12.2. The number of hydrogen-bond donors (Lipinski definition) is 3. The number of rotatable bonds is 5. The van der Waals surface area contributed by atoms with Gasteiger partial charge in [-0.25, -0.2) is 0 Å². The van der Waals surface area contributed by atoms with Crippen molar-refractivity contribution in [2.45, 2.75) is 6.04 Å². The maximum absolute atomic E-state index is 12.2. The maximum Gasteiger partial charge on any atom is 0.269 e. The molecule has 8 nitrogen and oxygen atoms in total. The van der Waals surface area contributed by atoms with Crippen LogP contribution in [0.1, 0.15) is 20.8 Å². The van der Waals surface area contributed by atoms with Gasteiger partial charge in [-0.3, -0.25) is 14.7 Å². The molecule has 0 saturated carbocycles. The van der Waals surface area contributed by atoms with E-state index in [4.69, 9.17) is 21.1 Å². The lowest BCUT2D eigenvalue weighted by Crippen LogP contribution is -2.48. The number of halogens is 1. The van der Waals surface area contributed by atoms with Gasteiger partial charge in [-0.2, -0.15) is 5.10 Å². The fraction of sp³-hybridized carbons (Fsp3) is 0.267. The number of benzene rings is 1. The molecule has 0 radical (unpaired) electrons. The number of nitrogens with zero attached hydrogens (tertiary/aromatic N) is 1. The summed E-state index contributed by atoms with van der Waals surface area (Å²) in [6, 6.07) is 6.14. The van der Waals surface area contributed by atoms with Crippen molar-refractivity contribution in [3.8, 4) is 5.75 Å². The van der Waals surface area contributed by atoms with Gasteiger partial charge in [0.2, 0.25) is 0 Å². The summed E-state index contributed by atoms with van der Waals surface area (Å²) >= 11 is 6.00. The Morgan fingerprint density at radius 1 is 1.33 bits per heavy atom.